The predicted octanol–water partition coefficient (Wildman–Crippen LogP) is 3.42. The third kappa shape index (κ3) is 4.56. The Labute approximate surface area is 136 Å². The SMILES string of the molecule is COc1cccc(Cc2ccc(S(=O)(=O)NC(C)(C)C)s2)c1. The van der Waals surface area contributed by atoms with E-state index >= 15 is 0 Å². The molecule has 1 heterocycles. The van der Waals surface area contributed by atoms with Crippen LogP contribution in [0.4, 0.5) is 0 Å². The van der Waals surface area contributed by atoms with Crippen LogP contribution in [0.5, 0.6) is 5.75 Å². The van der Waals surface area contributed by atoms with E-state index in [1.165, 1.54) is 11.3 Å². The fourth-order valence-corrected chi connectivity index (χ4v) is 4.84. The fourth-order valence-electron chi connectivity index (χ4n) is 2.03. The van der Waals surface area contributed by atoms with Crippen molar-refractivity contribution in [2.75, 3.05) is 7.11 Å². The summed E-state index contributed by atoms with van der Waals surface area (Å²) in [6.45, 7) is 5.49. The monoisotopic (exact) mass is 339 g/mol. The number of nitrogens with one attached hydrogen (secondary N) is 1. The lowest BCUT2D eigenvalue weighted by Gasteiger charge is -2.19. The molecule has 2 aromatic rings. The van der Waals surface area contributed by atoms with E-state index in [9.17, 15) is 8.42 Å². The van der Waals surface area contributed by atoms with E-state index in [0.717, 1.165) is 16.2 Å². The normalized spacial score (nSPS) is 12.4. The second kappa shape index (κ2) is 6.40. The van der Waals surface area contributed by atoms with Gasteiger partial charge in [-0.2, -0.15) is 0 Å². The standard InChI is InChI=1S/C16H21NO3S2/c1-16(2,3)17-22(18,19)15-9-8-14(21-15)11-12-6-5-7-13(10-12)20-4/h5-10,17H,11H2,1-4H3. The number of benzene rings is 1. The van der Waals surface area contributed by atoms with Crippen molar-refractivity contribution >= 4 is 21.4 Å². The lowest BCUT2D eigenvalue weighted by Crippen LogP contribution is -2.40. The van der Waals surface area contributed by atoms with Gasteiger partial charge in [-0.3, -0.25) is 0 Å². The molecule has 0 bridgehead atoms. The van der Waals surface area contributed by atoms with Crippen molar-refractivity contribution in [2.45, 2.75) is 36.9 Å². The zero-order valence-corrected chi connectivity index (χ0v) is 14.8. The second-order valence-electron chi connectivity index (χ2n) is 6.10. The summed E-state index contributed by atoms with van der Waals surface area (Å²) < 4.78 is 32.8. The number of rotatable bonds is 5. The Kier molecular flexibility index (Phi) is 4.94. The van der Waals surface area contributed by atoms with Gasteiger partial charge in [0.25, 0.3) is 10.0 Å². The van der Waals surface area contributed by atoms with Gasteiger partial charge in [0.05, 0.1) is 7.11 Å². The zero-order valence-electron chi connectivity index (χ0n) is 13.2. The van der Waals surface area contributed by atoms with Crippen LogP contribution in [0, 0.1) is 0 Å². The molecule has 1 aromatic heterocycles. The highest BCUT2D eigenvalue weighted by Crippen LogP contribution is 2.25. The summed E-state index contributed by atoms with van der Waals surface area (Å²) >= 11 is 1.30. The number of sulfonamides is 1. The number of thiophene rings is 1. The van der Waals surface area contributed by atoms with E-state index in [1.807, 2.05) is 51.1 Å². The smallest absolute Gasteiger partial charge is 0.250 e. The van der Waals surface area contributed by atoms with Gasteiger partial charge < -0.3 is 4.74 Å². The van der Waals surface area contributed by atoms with Crippen LogP contribution in [0.25, 0.3) is 0 Å². The highest BCUT2D eigenvalue weighted by atomic mass is 32.2. The molecule has 1 N–H and O–H groups in total. The first-order valence-electron chi connectivity index (χ1n) is 6.95. The molecule has 0 saturated carbocycles. The quantitative estimate of drug-likeness (QED) is 0.908. The molecule has 0 aliphatic rings. The molecule has 22 heavy (non-hydrogen) atoms. The van der Waals surface area contributed by atoms with Crippen molar-refractivity contribution in [2.24, 2.45) is 0 Å². The van der Waals surface area contributed by atoms with Crippen molar-refractivity contribution in [3.05, 3.63) is 46.8 Å². The van der Waals surface area contributed by atoms with Gasteiger partial charge in [0.1, 0.15) is 9.96 Å². The molecule has 0 aliphatic heterocycles. The Bertz CT molecular complexity index is 743. The average Bonchev–Trinajstić information content (AvgIpc) is 2.85. The van der Waals surface area contributed by atoms with E-state index in [4.69, 9.17) is 4.74 Å². The van der Waals surface area contributed by atoms with Gasteiger partial charge in [-0.05, 0) is 50.6 Å². The third-order valence-electron chi connectivity index (χ3n) is 2.85. The molecule has 0 spiro atoms. The summed E-state index contributed by atoms with van der Waals surface area (Å²) in [5, 5.41) is 0. The van der Waals surface area contributed by atoms with E-state index in [0.29, 0.717) is 10.6 Å². The van der Waals surface area contributed by atoms with Crippen molar-refractivity contribution in [1.82, 2.24) is 4.72 Å². The van der Waals surface area contributed by atoms with E-state index in [1.54, 1.807) is 13.2 Å². The average molecular weight is 339 g/mol. The molecule has 4 nitrogen and oxygen atoms in total. The summed E-state index contributed by atoms with van der Waals surface area (Å²) in [5.41, 5.74) is 0.601. The Morgan fingerprint density at radius 2 is 1.91 bits per heavy atom. The lowest BCUT2D eigenvalue weighted by molar-refractivity contribution is 0.414. The van der Waals surface area contributed by atoms with Crippen molar-refractivity contribution < 1.29 is 13.2 Å². The summed E-state index contributed by atoms with van der Waals surface area (Å²) in [4.78, 5) is 1.00. The minimum absolute atomic E-state index is 0.348. The Hall–Kier alpha value is -1.37. The number of methoxy groups -OCH3 is 1. The molecule has 2 rings (SSSR count). The fraction of sp³-hybridized carbons (Fsp3) is 0.375. The lowest BCUT2D eigenvalue weighted by atomic mass is 10.1. The molecule has 6 heteroatoms. The van der Waals surface area contributed by atoms with Crippen LogP contribution in [0.3, 0.4) is 0 Å². The van der Waals surface area contributed by atoms with Crippen molar-refractivity contribution in [1.29, 1.82) is 0 Å². The summed E-state index contributed by atoms with van der Waals surface area (Å²) in [7, 11) is -1.83. The molecule has 0 unspecified atom stereocenters. The highest BCUT2D eigenvalue weighted by molar-refractivity contribution is 7.91. The first kappa shape index (κ1) is 17.0. The molecular formula is C16H21NO3S2. The van der Waals surface area contributed by atoms with Crippen LogP contribution in [0.15, 0.2) is 40.6 Å². The number of ether oxygens (including phenoxy) is 1. The van der Waals surface area contributed by atoms with E-state index < -0.39 is 15.6 Å². The number of hydrogen-bond acceptors (Lipinski definition) is 4. The first-order valence-corrected chi connectivity index (χ1v) is 9.25. The minimum atomic E-state index is -3.46. The van der Waals surface area contributed by atoms with Gasteiger partial charge in [-0.15, -0.1) is 11.3 Å². The molecule has 1 aromatic carbocycles. The van der Waals surface area contributed by atoms with Gasteiger partial charge in [0.2, 0.25) is 0 Å². The maximum Gasteiger partial charge on any atom is 0.250 e. The van der Waals surface area contributed by atoms with Gasteiger partial charge >= 0.3 is 0 Å². The second-order valence-corrected chi connectivity index (χ2v) is 9.18. The molecule has 0 amide bonds. The van der Waals surface area contributed by atoms with Crippen LogP contribution in [0.1, 0.15) is 31.2 Å². The van der Waals surface area contributed by atoms with Gasteiger partial charge in [0, 0.05) is 16.8 Å². The minimum Gasteiger partial charge on any atom is -0.497 e. The number of hydrogen-bond donors (Lipinski definition) is 1. The van der Waals surface area contributed by atoms with Gasteiger partial charge in [-0.1, -0.05) is 12.1 Å². The topological polar surface area (TPSA) is 55.4 Å². The van der Waals surface area contributed by atoms with Crippen molar-refractivity contribution in [3.8, 4) is 5.75 Å². The van der Waals surface area contributed by atoms with Crippen molar-refractivity contribution in [3.63, 3.8) is 0 Å². The molecule has 0 radical (unpaired) electrons. The maximum atomic E-state index is 12.3. The molecular weight excluding hydrogens is 318 g/mol. The molecule has 0 aliphatic carbocycles. The van der Waals surface area contributed by atoms with Crippen LogP contribution in [-0.4, -0.2) is 21.1 Å². The Morgan fingerprint density at radius 3 is 2.55 bits per heavy atom. The van der Waals surface area contributed by atoms with E-state index in [2.05, 4.69) is 4.72 Å². The maximum absolute atomic E-state index is 12.3. The first-order chi connectivity index (χ1) is 10.2. The molecule has 0 saturated heterocycles. The van der Waals surface area contributed by atoms with Crippen LogP contribution >= 0.6 is 11.3 Å². The summed E-state index contributed by atoms with van der Waals surface area (Å²) in [5.74, 6) is 0.802. The summed E-state index contributed by atoms with van der Waals surface area (Å²) in [6, 6.07) is 11.3. The zero-order chi connectivity index (χ0) is 16.4. The summed E-state index contributed by atoms with van der Waals surface area (Å²) in [6.07, 6.45) is 0.687. The molecule has 120 valence electrons. The van der Waals surface area contributed by atoms with Crippen LogP contribution in [-0.2, 0) is 16.4 Å². The Morgan fingerprint density at radius 1 is 1.18 bits per heavy atom. The van der Waals surface area contributed by atoms with Crippen LogP contribution < -0.4 is 9.46 Å². The molecule has 0 atom stereocenters. The van der Waals surface area contributed by atoms with Gasteiger partial charge in [0.15, 0.2) is 0 Å². The third-order valence-corrected chi connectivity index (χ3v) is 6.19. The van der Waals surface area contributed by atoms with E-state index in [-0.39, 0.29) is 0 Å². The highest BCUT2D eigenvalue weighted by Gasteiger charge is 2.23. The van der Waals surface area contributed by atoms with Crippen LogP contribution in [0.2, 0.25) is 0 Å². The largest absolute Gasteiger partial charge is 0.497 e. The Balaban J connectivity index is 2.18. The molecule has 0 fully saturated rings. The van der Waals surface area contributed by atoms with Gasteiger partial charge in [-0.25, -0.2) is 13.1 Å². The predicted molar refractivity (Wildman–Crippen MR) is 90.2 cm³/mol.